The quantitative estimate of drug-likeness (QED) is 0.300. The molecule has 168 valence electrons. The molecule has 0 aliphatic heterocycles. The number of para-hydroxylation sites is 1. The maximum atomic E-state index is 13.1. The second-order valence-electron chi connectivity index (χ2n) is 8.04. The van der Waals surface area contributed by atoms with E-state index in [2.05, 4.69) is 34.2 Å². The Bertz CT molecular complexity index is 1510. The summed E-state index contributed by atoms with van der Waals surface area (Å²) >= 11 is 7.66. The van der Waals surface area contributed by atoms with Crippen molar-refractivity contribution in [3.8, 4) is 11.5 Å². The fourth-order valence-electron chi connectivity index (χ4n) is 3.60. The largest absolute Gasteiger partial charge is 0.420 e. The number of hydrogen-bond acceptors (Lipinski definition) is 7. The molecule has 0 saturated heterocycles. The zero-order valence-corrected chi connectivity index (χ0v) is 19.7. The molecule has 8 nitrogen and oxygen atoms in total. The molecule has 2 aromatic carbocycles. The molecule has 0 atom stereocenters. The zero-order valence-electron chi connectivity index (χ0n) is 18.1. The molecule has 0 aliphatic rings. The van der Waals surface area contributed by atoms with Crippen molar-refractivity contribution in [1.82, 2.24) is 29.4 Å². The molecule has 0 fully saturated rings. The lowest BCUT2D eigenvalue weighted by molar-refractivity contribution is 0.512. The highest BCUT2D eigenvalue weighted by molar-refractivity contribution is 7.98. The Labute approximate surface area is 198 Å². The molecule has 0 radical (unpaired) electrons. The lowest BCUT2D eigenvalue weighted by Crippen LogP contribution is -2.24. The van der Waals surface area contributed by atoms with Gasteiger partial charge in [0.25, 0.3) is 5.56 Å². The van der Waals surface area contributed by atoms with Gasteiger partial charge in [-0.3, -0.25) is 13.8 Å². The molecule has 33 heavy (non-hydrogen) atoms. The van der Waals surface area contributed by atoms with Gasteiger partial charge in [0, 0.05) is 6.54 Å². The number of fused-ring (bicyclic) bond motifs is 3. The molecule has 0 N–H and O–H groups in total. The van der Waals surface area contributed by atoms with Crippen molar-refractivity contribution in [1.29, 1.82) is 0 Å². The zero-order chi connectivity index (χ0) is 22.9. The third kappa shape index (κ3) is 4.14. The van der Waals surface area contributed by atoms with Crippen molar-refractivity contribution in [3.05, 3.63) is 69.8 Å². The Morgan fingerprint density at radius 1 is 1.03 bits per heavy atom. The minimum absolute atomic E-state index is 0.0519. The van der Waals surface area contributed by atoms with Gasteiger partial charge in [-0.1, -0.05) is 61.5 Å². The fourth-order valence-corrected chi connectivity index (χ4v) is 4.59. The predicted octanol–water partition coefficient (Wildman–Crippen LogP) is 5.09. The second kappa shape index (κ2) is 8.99. The Kier molecular flexibility index (Phi) is 5.90. The van der Waals surface area contributed by atoms with E-state index in [1.807, 2.05) is 46.9 Å². The van der Waals surface area contributed by atoms with Gasteiger partial charge in [0.1, 0.15) is 0 Å². The SMILES string of the molecule is CC(C)CCn1c(=O)c2ccccc2n2c(SCc3nnc(-c4ccccc4Cl)o3)nnc12. The number of rotatable bonds is 7. The molecule has 0 spiro atoms. The smallest absolute Gasteiger partial charge is 0.262 e. The van der Waals surface area contributed by atoms with E-state index in [0.717, 1.165) is 11.9 Å². The number of aromatic nitrogens is 6. The molecule has 0 aliphatic carbocycles. The molecular weight excluding hydrogens is 460 g/mol. The third-order valence-corrected chi connectivity index (χ3v) is 6.55. The Morgan fingerprint density at radius 2 is 1.82 bits per heavy atom. The Balaban J connectivity index is 1.50. The van der Waals surface area contributed by atoms with Gasteiger partial charge < -0.3 is 4.42 Å². The van der Waals surface area contributed by atoms with Crippen LogP contribution in [0.3, 0.4) is 0 Å². The maximum absolute atomic E-state index is 13.1. The summed E-state index contributed by atoms with van der Waals surface area (Å²) in [5.41, 5.74) is 1.41. The lowest BCUT2D eigenvalue weighted by atomic mass is 10.1. The van der Waals surface area contributed by atoms with E-state index in [-0.39, 0.29) is 5.56 Å². The van der Waals surface area contributed by atoms with Gasteiger partial charge in [-0.25, -0.2) is 0 Å². The first-order valence-corrected chi connectivity index (χ1v) is 12.0. The van der Waals surface area contributed by atoms with Crippen LogP contribution >= 0.6 is 23.4 Å². The number of thioether (sulfide) groups is 1. The van der Waals surface area contributed by atoms with Crippen molar-refractivity contribution < 1.29 is 4.42 Å². The predicted molar refractivity (Wildman–Crippen MR) is 129 cm³/mol. The molecule has 3 aromatic heterocycles. The van der Waals surface area contributed by atoms with Crippen molar-refractivity contribution in [3.63, 3.8) is 0 Å². The summed E-state index contributed by atoms with van der Waals surface area (Å²) in [5.74, 6) is 2.21. The van der Waals surface area contributed by atoms with Gasteiger partial charge in [0.05, 0.1) is 27.2 Å². The summed E-state index contributed by atoms with van der Waals surface area (Å²) in [5, 5.41) is 18.8. The highest BCUT2D eigenvalue weighted by atomic mass is 35.5. The highest BCUT2D eigenvalue weighted by Crippen LogP contribution is 2.29. The lowest BCUT2D eigenvalue weighted by Gasteiger charge is -2.12. The van der Waals surface area contributed by atoms with Crippen LogP contribution in [0.5, 0.6) is 0 Å². The topological polar surface area (TPSA) is 91.1 Å². The molecule has 10 heteroatoms. The van der Waals surface area contributed by atoms with Gasteiger partial charge in [-0.2, -0.15) is 0 Å². The minimum Gasteiger partial charge on any atom is -0.420 e. The van der Waals surface area contributed by atoms with E-state index in [0.29, 0.717) is 56.9 Å². The summed E-state index contributed by atoms with van der Waals surface area (Å²) in [7, 11) is 0. The number of halogens is 1. The first-order chi connectivity index (χ1) is 16.0. The van der Waals surface area contributed by atoms with Crippen LogP contribution in [-0.4, -0.2) is 29.4 Å². The third-order valence-electron chi connectivity index (χ3n) is 5.30. The van der Waals surface area contributed by atoms with Gasteiger partial charge >= 0.3 is 0 Å². The maximum Gasteiger partial charge on any atom is 0.262 e. The standard InChI is InChI=1S/C23H21ClN6O2S/c1-14(2)11-12-29-21(31)16-8-4-6-10-18(16)30-22(29)27-28-23(30)33-13-19-25-26-20(32-19)15-7-3-5-9-17(15)24/h3-10,14H,11-13H2,1-2H3. The Morgan fingerprint density at radius 3 is 2.64 bits per heavy atom. The van der Waals surface area contributed by atoms with Crippen LogP contribution in [0.4, 0.5) is 0 Å². The van der Waals surface area contributed by atoms with Gasteiger partial charge in [-0.05, 0) is 36.6 Å². The summed E-state index contributed by atoms with van der Waals surface area (Å²) in [6, 6.07) is 14.9. The van der Waals surface area contributed by atoms with Gasteiger partial charge in [0.15, 0.2) is 5.16 Å². The molecular formula is C23H21ClN6O2S. The summed E-state index contributed by atoms with van der Waals surface area (Å²) < 4.78 is 9.45. The van der Waals surface area contributed by atoms with Gasteiger partial charge in [0.2, 0.25) is 17.6 Å². The molecule has 3 heterocycles. The van der Waals surface area contributed by atoms with Crippen LogP contribution in [-0.2, 0) is 12.3 Å². The average Bonchev–Trinajstić information content (AvgIpc) is 3.45. The summed E-state index contributed by atoms with van der Waals surface area (Å²) in [6.07, 6.45) is 0.871. The van der Waals surface area contributed by atoms with E-state index in [4.69, 9.17) is 16.0 Å². The number of nitrogens with zero attached hydrogens (tertiary/aromatic N) is 6. The first-order valence-electron chi connectivity index (χ1n) is 10.6. The van der Waals surface area contributed by atoms with E-state index in [1.165, 1.54) is 11.8 Å². The van der Waals surface area contributed by atoms with Crippen molar-refractivity contribution >= 4 is 40.0 Å². The van der Waals surface area contributed by atoms with Crippen LogP contribution in [0.25, 0.3) is 28.1 Å². The molecule has 0 bridgehead atoms. The van der Waals surface area contributed by atoms with Crippen molar-refractivity contribution in [2.45, 2.75) is 37.7 Å². The molecule has 5 rings (SSSR count). The summed E-state index contributed by atoms with van der Waals surface area (Å²) in [4.78, 5) is 13.1. The normalized spacial score (nSPS) is 11.8. The van der Waals surface area contributed by atoms with Crippen LogP contribution < -0.4 is 5.56 Å². The number of benzene rings is 2. The molecule has 0 amide bonds. The monoisotopic (exact) mass is 480 g/mol. The number of hydrogen-bond donors (Lipinski definition) is 0. The molecule has 5 aromatic rings. The van der Waals surface area contributed by atoms with Crippen molar-refractivity contribution in [2.24, 2.45) is 5.92 Å². The van der Waals surface area contributed by atoms with E-state index in [1.54, 1.807) is 10.6 Å². The first kappa shape index (κ1) is 21.7. The van der Waals surface area contributed by atoms with Crippen molar-refractivity contribution in [2.75, 3.05) is 0 Å². The fraction of sp³-hybridized carbons (Fsp3) is 0.261. The van der Waals surface area contributed by atoms with E-state index >= 15 is 0 Å². The number of aryl methyl sites for hydroxylation is 1. The van der Waals surface area contributed by atoms with Crippen LogP contribution in [0.15, 0.2) is 62.9 Å². The van der Waals surface area contributed by atoms with E-state index < -0.39 is 0 Å². The Hall–Kier alpha value is -3.17. The molecule has 0 saturated carbocycles. The van der Waals surface area contributed by atoms with E-state index in [9.17, 15) is 4.79 Å². The van der Waals surface area contributed by atoms with Crippen LogP contribution in [0.2, 0.25) is 5.02 Å². The molecule has 0 unspecified atom stereocenters. The highest BCUT2D eigenvalue weighted by Gasteiger charge is 2.18. The minimum atomic E-state index is -0.0519. The van der Waals surface area contributed by atoms with Crippen LogP contribution in [0.1, 0.15) is 26.2 Å². The van der Waals surface area contributed by atoms with Crippen LogP contribution in [0, 0.1) is 5.92 Å². The summed E-state index contributed by atoms with van der Waals surface area (Å²) in [6.45, 7) is 4.85. The average molecular weight is 481 g/mol. The second-order valence-corrected chi connectivity index (χ2v) is 9.39. The van der Waals surface area contributed by atoms with Gasteiger partial charge in [-0.15, -0.1) is 20.4 Å².